The van der Waals surface area contributed by atoms with Gasteiger partial charge in [0, 0.05) is 5.69 Å². The lowest BCUT2D eigenvalue weighted by molar-refractivity contribution is -0.116. The van der Waals surface area contributed by atoms with Gasteiger partial charge in [-0.25, -0.2) is 0 Å². The van der Waals surface area contributed by atoms with Crippen LogP contribution in [0.3, 0.4) is 0 Å². The van der Waals surface area contributed by atoms with Crippen molar-refractivity contribution in [3.05, 3.63) is 53.1 Å². The summed E-state index contributed by atoms with van der Waals surface area (Å²) in [6.45, 7) is 3.88. The van der Waals surface area contributed by atoms with E-state index in [-0.39, 0.29) is 11.9 Å². The van der Waals surface area contributed by atoms with Gasteiger partial charge in [-0.2, -0.15) is 0 Å². The Balaban J connectivity index is 1.73. The summed E-state index contributed by atoms with van der Waals surface area (Å²) in [6, 6.07) is 11.8. The molecule has 4 nitrogen and oxygen atoms in total. The van der Waals surface area contributed by atoms with Gasteiger partial charge in [-0.1, -0.05) is 18.2 Å². The van der Waals surface area contributed by atoms with Crippen LogP contribution in [0.25, 0.3) is 0 Å². The average Bonchev–Trinajstić information content (AvgIpc) is 2.62. The van der Waals surface area contributed by atoms with Crippen LogP contribution in [0.1, 0.15) is 36.5 Å². The van der Waals surface area contributed by atoms with Crippen LogP contribution in [-0.4, -0.2) is 19.1 Å². The fourth-order valence-electron chi connectivity index (χ4n) is 3.38. The van der Waals surface area contributed by atoms with Gasteiger partial charge in [-0.05, 0) is 74.4 Å². The Kier molecular flexibility index (Phi) is 5.27. The Morgan fingerprint density at radius 1 is 1.12 bits per heavy atom. The minimum atomic E-state index is -0.335. The molecule has 0 spiro atoms. The van der Waals surface area contributed by atoms with Gasteiger partial charge in [0.25, 0.3) is 0 Å². The second-order valence-electron chi connectivity index (χ2n) is 6.71. The molecule has 132 valence electrons. The normalized spacial score (nSPS) is 14.4. The molecule has 2 aromatic rings. The first-order valence-corrected chi connectivity index (χ1v) is 8.91. The van der Waals surface area contributed by atoms with E-state index >= 15 is 0 Å². The maximum Gasteiger partial charge on any atom is 0.246 e. The summed E-state index contributed by atoms with van der Waals surface area (Å²) in [6.07, 6.45) is 4.68. The first kappa shape index (κ1) is 17.3. The molecule has 2 aromatic carbocycles. The van der Waals surface area contributed by atoms with Gasteiger partial charge in [0.2, 0.25) is 5.91 Å². The standard InChI is InChI=1S/C21H26N2O2/c1-14-11-12-20(25-3)19(13-14)23-21(24)15(2)22-18-10-6-8-16-7-4-5-9-17(16)18/h6,8,10-13,15,22H,4-5,7,9H2,1-3H3,(H,23,24). The number of carbonyl (C=O) groups excluding carboxylic acids is 1. The van der Waals surface area contributed by atoms with Crippen molar-refractivity contribution in [1.82, 2.24) is 0 Å². The third-order valence-corrected chi connectivity index (χ3v) is 4.77. The summed E-state index contributed by atoms with van der Waals surface area (Å²) in [5, 5.41) is 6.37. The smallest absolute Gasteiger partial charge is 0.246 e. The van der Waals surface area contributed by atoms with Gasteiger partial charge in [-0.3, -0.25) is 4.79 Å². The zero-order valence-electron chi connectivity index (χ0n) is 15.2. The molecular weight excluding hydrogens is 312 g/mol. The number of aryl methyl sites for hydroxylation is 2. The minimum absolute atomic E-state index is 0.0719. The van der Waals surface area contributed by atoms with Crippen molar-refractivity contribution in [2.75, 3.05) is 17.7 Å². The van der Waals surface area contributed by atoms with Crippen LogP contribution >= 0.6 is 0 Å². The highest BCUT2D eigenvalue weighted by Crippen LogP contribution is 2.29. The molecule has 2 N–H and O–H groups in total. The molecule has 25 heavy (non-hydrogen) atoms. The Labute approximate surface area is 149 Å². The van der Waals surface area contributed by atoms with E-state index in [0.29, 0.717) is 11.4 Å². The SMILES string of the molecule is COc1ccc(C)cc1NC(=O)C(C)Nc1cccc2c1CCCC2. The molecular formula is C21H26N2O2. The quantitative estimate of drug-likeness (QED) is 0.853. The number of fused-ring (bicyclic) bond motifs is 1. The van der Waals surface area contributed by atoms with Gasteiger partial charge >= 0.3 is 0 Å². The summed E-state index contributed by atoms with van der Waals surface area (Å²) in [7, 11) is 1.61. The molecule has 1 aliphatic rings. The van der Waals surface area contributed by atoms with Crippen molar-refractivity contribution in [2.24, 2.45) is 0 Å². The molecule has 1 aliphatic carbocycles. The third-order valence-electron chi connectivity index (χ3n) is 4.77. The zero-order valence-corrected chi connectivity index (χ0v) is 15.2. The van der Waals surface area contributed by atoms with Crippen LogP contribution in [0.15, 0.2) is 36.4 Å². The Bertz CT molecular complexity index is 770. The first-order chi connectivity index (χ1) is 12.1. The Hall–Kier alpha value is -2.49. The van der Waals surface area contributed by atoms with Gasteiger partial charge in [0.15, 0.2) is 0 Å². The highest BCUT2D eigenvalue weighted by molar-refractivity contribution is 5.97. The predicted octanol–water partition coefficient (Wildman–Crippen LogP) is 4.32. The largest absolute Gasteiger partial charge is 0.495 e. The summed E-state index contributed by atoms with van der Waals surface area (Å²) in [4.78, 5) is 12.6. The maximum absolute atomic E-state index is 12.6. The molecule has 0 aliphatic heterocycles. The molecule has 1 amide bonds. The first-order valence-electron chi connectivity index (χ1n) is 8.91. The number of hydrogen-bond donors (Lipinski definition) is 2. The van der Waals surface area contributed by atoms with Crippen LogP contribution < -0.4 is 15.4 Å². The Morgan fingerprint density at radius 2 is 1.92 bits per heavy atom. The lowest BCUT2D eigenvalue weighted by Crippen LogP contribution is -2.32. The molecule has 0 saturated carbocycles. The molecule has 0 aromatic heterocycles. The lowest BCUT2D eigenvalue weighted by atomic mass is 9.90. The number of nitrogens with one attached hydrogen (secondary N) is 2. The van der Waals surface area contributed by atoms with Crippen molar-refractivity contribution in [3.63, 3.8) is 0 Å². The Morgan fingerprint density at radius 3 is 2.72 bits per heavy atom. The second-order valence-corrected chi connectivity index (χ2v) is 6.71. The molecule has 3 rings (SSSR count). The van der Waals surface area contributed by atoms with Crippen LogP contribution in [0.5, 0.6) is 5.75 Å². The van der Waals surface area contributed by atoms with E-state index in [0.717, 1.165) is 24.1 Å². The number of benzene rings is 2. The van der Waals surface area contributed by atoms with Crippen molar-refractivity contribution in [3.8, 4) is 5.75 Å². The number of ether oxygens (including phenoxy) is 1. The minimum Gasteiger partial charge on any atom is -0.495 e. The monoisotopic (exact) mass is 338 g/mol. The van der Waals surface area contributed by atoms with Gasteiger partial charge < -0.3 is 15.4 Å². The van der Waals surface area contributed by atoms with E-state index in [1.807, 2.05) is 32.0 Å². The molecule has 0 fully saturated rings. The number of rotatable bonds is 5. The number of amides is 1. The number of methoxy groups -OCH3 is 1. The van der Waals surface area contributed by atoms with Crippen LogP contribution in [0.4, 0.5) is 11.4 Å². The second kappa shape index (κ2) is 7.60. The topological polar surface area (TPSA) is 50.4 Å². The van der Waals surface area contributed by atoms with E-state index in [4.69, 9.17) is 4.74 Å². The summed E-state index contributed by atoms with van der Waals surface area (Å²) in [5.74, 6) is 0.598. The van der Waals surface area contributed by atoms with Crippen molar-refractivity contribution >= 4 is 17.3 Å². The van der Waals surface area contributed by atoms with Crippen LogP contribution in [0.2, 0.25) is 0 Å². The molecule has 4 heteroatoms. The fraction of sp³-hybridized carbons (Fsp3) is 0.381. The summed E-state index contributed by atoms with van der Waals surface area (Å²) < 4.78 is 5.34. The van der Waals surface area contributed by atoms with Crippen molar-refractivity contribution < 1.29 is 9.53 Å². The molecule has 0 saturated heterocycles. The van der Waals surface area contributed by atoms with Crippen LogP contribution in [-0.2, 0) is 17.6 Å². The molecule has 0 heterocycles. The fourth-order valence-corrected chi connectivity index (χ4v) is 3.38. The maximum atomic E-state index is 12.6. The number of carbonyl (C=O) groups is 1. The summed E-state index contributed by atoms with van der Waals surface area (Å²) in [5.41, 5.74) is 5.63. The van der Waals surface area contributed by atoms with E-state index in [2.05, 4.69) is 28.8 Å². The van der Waals surface area contributed by atoms with E-state index < -0.39 is 0 Å². The van der Waals surface area contributed by atoms with Crippen molar-refractivity contribution in [1.29, 1.82) is 0 Å². The van der Waals surface area contributed by atoms with Gasteiger partial charge in [0.05, 0.1) is 12.8 Å². The molecule has 0 radical (unpaired) electrons. The third kappa shape index (κ3) is 3.95. The molecule has 1 atom stereocenters. The highest BCUT2D eigenvalue weighted by Gasteiger charge is 2.18. The number of anilines is 2. The van der Waals surface area contributed by atoms with E-state index in [1.165, 1.54) is 24.0 Å². The van der Waals surface area contributed by atoms with Gasteiger partial charge in [-0.15, -0.1) is 0 Å². The predicted molar refractivity (Wildman–Crippen MR) is 103 cm³/mol. The number of hydrogen-bond acceptors (Lipinski definition) is 3. The average molecular weight is 338 g/mol. The van der Waals surface area contributed by atoms with E-state index in [9.17, 15) is 4.79 Å². The van der Waals surface area contributed by atoms with Gasteiger partial charge in [0.1, 0.15) is 11.8 Å². The zero-order chi connectivity index (χ0) is 17.8. The lowest BCUT2D eigenvalue weighted by Gasteiger charge is -2.23. The van der Waals surface area contributed by atoms with Crippen molar-refractivity contribution in [2.45, 2.75) is 45.6 Å². The highest BCUT2D eigenvalue weighted by atomic mass is 16.5. The molecule has 0 bridgehead atoms. The molecule has 1 unspecified atom stereocenters. The summed E-state index contributed by atoms with van der Waals surface area (Å²) >= 11 is 0. The van der Waals surface area contributed by atoms with E-state index in [1.54, 1.807) is 7.11 Å². The van der Waals surface area contributed by atoms with Crippen LogP contribution in [0, 0.1) is 6.92 Å².